The van der Waals surface area contributed by atoms with Gasteiger partial charge in [0.15, 0.2) is 0 Å². The van der Waals surface area contributed by atoms with Crippen LogP contribution in [0.1, 0.15) is 226 Å². The second-order valence-electron chi connectivity index (χ2n) is 17.9. The van der Waals surface area contributed by atoms with Crippen molar-refractivity contribution >= 4 is 13.8 Å². The van der Waals surface area contributed by atoms with Crippen LogP contribution in [-0.4, -0.2) is 75.6 Å². The molecule has 0 spiro atoms. The van der Waals surface area contributed by atoms with E-state index in [1.165, 1.54) is 161 Å². The standard InChI is InChI=1S/C49H96NO7P/c1-6-8-10-12-14-16-18-20-22-23-24-25-26-27-28-29-30-32-34-36-38-40-42-49(51)57-48(47-56-58(52,53)55-45-43-50(3,4)5)46-54-44-41-39-37-35-33-31-21-19-17-15-13-11-9-7-2/h11,13,17,19,48H,6-10,12,14-16,18,20-47H2,1-5H3/p+1/b13-11-,19-17-. The molecule has 0 aromatic carbocycles. The average molecular weight is 843 g/mol. The van der Waals surface area contributed by atoms with Gasteiger partial charge in [0.25, 0.3) is 0 Å². The summed E-state index contributed by atoms with van der Waals surface area (Å²) in [5.74, 6) is -0.313. The first-order valence-electron chi connectivity index (χ1n) is 24.6. The molecule has 0 aliphatic rings. The molecule has 2 atom stereocenters. The highest BCUT2D eigenvalue weighted by Gasteiger charge is 2.26. The summed E-state index contributed by atoms with van der Waals surface area (Å²) < 4.78 is 35.1. The predicted octanol–water partition coefficient (Wildman–Crippen LogP) is 14.8. The summed E-state index contributed by atoms with van der Waals surface area (Å²) in [5.41, 5.74) is 0. The minimum Gasteiger partial charge on any atom is -0.457 e. The van der Waals surface area contributed by atoms with E-state index in [4.69, 9.17) is 18.5 Å². The molecule has 1 N–H and O–H groups in total. The van der Waals surface area contributed by atoms with E-state index in [2.05, 4.69) is 38.2 Å². The van der Waals surface area contributed by atoms with Crippen LogP contribution in [-0.2, 0) is 27.9 Å². The number of esters is 1. The van der Waals surface area contributed by atoms with Crippen molar-refractivity contribution in [2.24, 2.45) is 0 Å². The van der Waals surface area contributed by atoms with Gasteiger partial charge in [0.2, 0.25) is 0 Å². The zero-order valence-corrected chi connectivity index (χ0v) is 39.9. The van der Waals surface area contributed by atoms with Crippen LogP contribution in [0.15, 0.2) is 24.3 Å². The molecule has 9 heteroatoms. The molecule has 0 aliphatic heterocycles. The van der Waals surface area contributed by atoms with E-state index in [-0.39, 0.29) is 25.8 Å². The summed E-state index contributed by atoms with van der Waals surface area (Å²) in [6.45, 7) is 5.58. The number of quaternary nitrogens is 1. The smallest absolute Gasteiger partial charge is 0.457 e. The highest BCUT2D eigenvalue weighted by molar-refractivity contribution is 7.47. The highest BCUT2D eigenvalue weighted by Crippen LogP contribution is 2.43. The van der Waals surface area contributed by atoms with E-state index in [0.717, 1.165) is 44.9 Å². The van der Waals surface area contributed by atoms with Crippen LogP contribution >= 0.6 is 7.82 Å². The molecule has 8 nitrogen and oxygen atoms in total. The molecule has 58 heavy (non-hydrogen) atoms. The Bertz CT molecular complexity index is 983. The number of hydrogen-bond donors (Lipinski definition) is 1. The molecule has 0 bridgehead atoms. The van der Waals surface area contributed by atoms with Crippen molar-refractivity contribution in [3.8, 4) is 0 Å². The third-order valence-electron chi connectivity index (χ3n) is 10.7. The lowest BCUT2D eigenvalue weighted by Crippen LogP contribution is -2.37. The summed E-state index contributed by atoms with van der Waals surface area (Å²) in [4.78, 5) is 23.0. The second kappa shape index (κ2) is 42.7. The minimum atomic E-state index is -4.28. The van der Waals surface area contributed by atoms with Gasteiger partial charge in [0.1, 0.15) is 19.3 Å². The number of carbonyl (C=O) groups excluding carboxylic acids is 1. The molecule has 0 saturated carbocycles. The normalized spacial score (nSPS) is 13.8. The Hall–Kier alpha value is -1.02. The number of nitrogens with zero attached hydrogens (tertiary/aromatic N) is 1. The second-order valence-corrected chi connectivity index (χ2v) is 19.3. The fourth-order valence-corrected chi connectivity index (χ4v) is 7.69. The molecule has 344 valence electrons. The summed E-state index contributed by atoms with van der Waals surface area (Å²) in [6, 6.07) is 0. The molecule has 0 radical (unpaired) electrons. The van der Waals surface area contributed by atoms with Crippen molar-refractivity contribution in [3.63, 3.8) is 0 Å². The number of allylic oxidation sites excluding steroid dienone is 4. The monoisotopic (exact) mass is 843 g/mol. The summed E-state index contributed by atoms with van der Waals surface area (Å²) >= 11 is 0. The highest BCUT2D eigenvalue weighted by atomic mass is 31.2. The van der Waals surface area contributed by atoms with Gasteiger partial charge < -0.3 is 18.9 Å². The molecule has 0 aliphatic carbocycles. The molecule has 0 aromatic rings. The van der Waals surface area contributed by atoms with Crippen molar-refractivity contribution in [1.29, 1.82) is 0 Å². The van der Waals surface area contributed by atoms with Crippen molar-refractivity contribution < 1.29 is 37.3 Å². The van der Waals surface area contributed by atoms with Gasteiger partial charge in [-0.3, -0.25) is 13.8 Å². The zero-order valence-electron chi connectivity index (χ0n) is 39.0. The van der Waals surface area contributed by atoms with E-state index >= 15 is 0 Å². The number of likely N-dealkylation sites (N-methyl/N-ethyl adjacent to an activating group) is 1. The first-order valence-corrected chi connectivity index (χ1v) is 26.1. The van der Waals surface area contributed by atoms with Gasteiger partial charge in [0.05, 0.1) is 34.4 Å². The number of rotatable bonds is 46. The molecule has 0 fully saturated rings. The Kier molecular flexibility index (Phi) is 41.9. The van der Waals surface area contributed by atoms with Gasteiger partial charge in [-0.25, -0.2) is 4.57 Å². The number of hydrogen-bond acceptors (Lipinski definition) is 6. The maximum Gasteiger partial charge on any atom is 0.472 e. The molecular weight excluding hydrogens is 746 g/mol. The Morgan fingerprint density at radius 2 is 0.983 bits per heavy atom. The number of phosphoric acid groups is 1. The van der Waals surface area contributed by atoms with Gasteiger partial charge in [-0.15, -0.1) is 0 Å². The molecule has 0 aromatic heterocycles. The predicted molar refractivity (Wildman–Crippen MR) is 247 cm³/mol. The van der Waals surface area contributed by atoms with E-state index in [1.807, 2.05) is 21.1 Å². The van der Waals surface area contributed by atoms with Crippen LogP contribution in [0.2, 0.25) is 0 Å². The quantitative estimate of drug-likeness (QED) is 0.0215. The molecule has 2 unspecified atom stereocenters. The number of ether oxygens (including phenoxy) is 2. The largest absolute Gasteiger partial charge is 0.472 e. The first-order chi connectivity index (χ1) is 28.1. The lowest BCUT2D eigenvalue weighted by Gasteiger charge is -2.24. The lowest BCUT2D eigenvalue weighted by atomic mass is 10.0. The van der Waals surface area contributed by atoms with Crippen LogP contribution in [0.4, 0.5) is 0 Å². The van der Waals surface area contributed by atoms with Crippen LogP contribution in [0, 0.1) is 0 Å². The van der Waals surface area contributed by atoms with Crippen molar-refractivity contribution in [2.45, 2.75) is 232 Å². The molecular formula is C49H97NO7P+. The lowest BCUT2D eigenvalue weighted by molar-refractivity contribution is -0.870. The fourth-order valence-electron chi connectivity index (χ4n) is 6.95. The third kappa shape index (κ3) is 46.1. The molecule has 0 heterocycles. The Labute approximate surface area is 360 Å². The van der Waals surface area contributed by atoms with Crippen molar-refractivity contribution in [1.82, 2.24) is 0 Å². The van der Waals surface area contributed by atoms with Crippen LogP contribution in [0.5, 0.6) is 0 Å². The van der Waals surface area contributed by atoms with Gasteiger partial charge in [-0.05, 0) is 38.5 Å². The van der Waals surface area contributed by atoms with Crippen LogP contribution in [0.25, 0.3) is 0 Å². The maximum absolute atomic E-state index is 12.7. The number of phosphoric ester groups is 1. The van der Waals surface area contributed by atoms with Crippen LogP contribution < -0.4 is 0 Å². The Morgan fingerprint density at radius 1 is 0.534 bits per heavy atom. The topological polar surface area (TPSA) is 91.3 Å². The summed E-state index contributed by atoms with van der Waals surface area (Å²) in [6.07, 6.45) is 49.3. The summed E-state index contributed by atoms with van der Waals surface area (Å²) in [5, 5.41) is 0. The fraction of sp³-hybridized carbons (Fsp3) is 0.898. The van der Waals surface area contributed by atoms with Gasteiger partial charge in [0, 0.05) is 13.0 Å². The maximum atomic E-state index is 12.7. The average Bonchev–Trinajstić information content (AvgIpc) is 3.18. The third-order valence-corrected chi connectivity index (χ3v) is 11.7. The van der Waals surface area contributed by atoms with E-state index in [1.54, 1.807) is 0 Å². The number of carbonyl (C=O) groups is 1. The van der Waals surface area contributed by atoms with Crippen molar-refractivity contribution in [3.05, 3.63) is 24.3 Å². The zero-order chi connectivity index (χ0) is 42.7. The van der Waals surface area contributed by atoms with Crippen molar-refractivity contribution in [2.75, 3.05) is 54.1 Å². The first kappa shape index (κ1) is 57.0. The van der Waals surface area contributed by atoms with Gasteiger partial charge >= 0.3 is 13.8 Å². The van der Waals surface area contributed by atoms with E-state index < -0.39 is 13.9 Å². The van der Waals surface area contributed by atoms with E-state index in [0.29, 0.717) is 24.1 Å². The van der Waals surface area contributed by atoms with Gasteiger partial charge in [-0.1, -0.05) is 205 Å². The van der Waals surface area contributed by atoms with Crippen LogP contribution in [0.3, 0.4) is 0 Å². The number of unbranched alkanes of at least 4 members (excludes halogenated alkanes) is 28. The van der Waals surface area contributed by atoms with E-state index in [9.17, 15) is 14.3 Å². The molecule has 0 saturated heterocycles. The Morgan fingerprint density at radius 3 is 1.47 bits per heavy atom. The molecule has 0 rings (SSSR count). The SMILES string of the molecule is CCC/C=C\C/C=C\CCCCCCCCOCC(COP(=O)(O)OCC[N+](C)(C)C)OC(=O)CCCCCCCCCCCCCCCCCCCCCCCC. The minimum absolute atomic E-state index is 0.0885. The summed E-state index contributed by atoms with van der Waals surface area (Å²) in [7, 11) is 1.67. The Balaban J connectivity index is 4.10. The van der Waals surface area contributed by atoms with Gasteiger partial charge in [-0.2, -0.15) is 0 Å². The molecule has 0 amide bonds.